The maximum absolute atomic E-state index is 12.9. The van der Waals surface area contributed by atoms with Gasteiger partial charge in [0.05, 0.1) is 0 Å². The van der Waals surface area contributed by atoms with E-state index >= 15 is 0 Å². The summed E-state index contributed by atoms with van der Waals surface area (Å²) in [7, 11) is -1.09. The Hall–Kier alpha value is -0.920. The fraction of sp³-hybridized carbons (Fsp3) is 0.706. The van der Waals surface area contributed by atoms with Gasteiger partial charge in [-0.15, -0.1) is 0 Å². The van der Waals surface area contributed by atoms with Crippen molar-refractivity contribution in [3.05, 3.63) is 29.1 Å². The number of hydrogen-bond acceptors (Lipinski definition) is 4. The zero-order chi connectivity index (χ0) is 17.7. The smallest absolute Gasteiger partial charge is 0.268 e. The molecule has 0 saturated carbocycles. The summed E-state index contributed by atoms with van der Waals surface area (Å²) in [5.41, 5.74) is 1.61. The monoisotopic (exact) mass is 357 g/mol. The number of piperidine rings is 1. The molecule has 3 rings (SSSR count). The molecule has 0 aromatic carbocycles. The number of rotatable bonds is 2. The number of alkyl halides is 2. The van der Waals surface area contributed by atoms with E-state index < -0.39 is 17.2 Å². The predicted molar refractivity (Wildman–Crippen MR) is 90.8 cm³/mol. The van der Waals surface area contributed by atoms with Crippen LogP contribution in [0.2, 0.25) is 0 Å². The van der Waals surface area contributed by atoms with Crippen molar-refractivity contribution >= 4 is 10.8 Å². The second-order valence-electron chi connectivity index (χ2n) is 8.05. The van der Waals surface area contributed by atoms with E-state index in [1.807, 2.05) is 20.8 Å². The lowest BCUT2D eigenvalue weighted by Gasteiger charge is -2.44. The topological polar surface area (TPSA) is 59.2 Å². The van der Waals surface area contributed by atoms with Crippen molar-refractivity contribution in [3.63, 3.8) is 0 Å². The molecule has 1 fully saturated rings. The number of hydrazine groups is 1. The second-order valence-corrected chi connectivity index (χ2v) is 10.4. The highest BCUT2D eigenvalue weighted by Gasteiger charge is 2.47. The third-order valence-corrected chi connectivity index (χ3v) is 7.29. The summed E-state index contributed by atoms with van der Waals surface area (Å²) in [4.78, 5) is 4.17. The molecule has 1 aliphatic heterocycles. The number of aromatic nitrogens is 1. The molecule has 2 N–H and O–H groups in total. The van der Waals surface area contributed by atoms with Gasteiger partial charge in [0.1, 0.15) is 11.1 Å². The first-order chi connectivity index (χ1) is 11.1. The van der Waals surface area contributed by atoms with Crippen LogP contribution in [-0.4, -0.2) is 30.9 Å². The molecule has 24 heavy (non-hydrogen) atoms. The van der Waals surface area contributed by atoms with E-state index in [4.69, 9.17) is 5.84 Å². The summed E-state index contributed by atoms with van der Waals surface area (Å²) in [6.07, 6.45) is 0.535. The molecule has 1 spiro atoms. The minimum Gasteiger partial charge on any atom is -0.268 e. The molecule has 134 valence electrons. The molecular formula is C17H25F2N3OS. The van der Waals surface area contributed by atoms with E-state index in [1.165, 1.54) is 6.07 Å². The number of fused-ring (bicyclic) bond motifs is 1. The zero-order valence-electron chi connectivity index (χ0n) is 14.4. The molecule has 2 heterocycles. The third kappa shape index (κ3) is 3.26. The molecule has 4 nitrogen and oxygen atoms in total. The van der Waals surface area contributed by atoms with Gasteiger partial charge in [-0.3, -0.25) is 15.0 Å². The van der Waals surface area contributed by atoms with E-state index in [9.17, 15) is 13.0 Å². The maximum Gasteiger partial charge on any atom is 0.280 e. The van der Waals surface area contributed by atoms with Gasteiger partial charge in [0.25, 0.3) is 6.43 Å². The van der Waals surface area contributed by atoms with Crippen LogP contribution in [0.1, 0.15) is 57.0 Å². The van der Waals surface area contributed by atoms with Gasteiger partial charge in [0.15, 0.2) is 0 Å². The predicted octanol–water partition coefficient (Wildman–Crippen LogP) is 2.95. The molecule has 1 aromatic rings. The molecule has 2 aliphatic rings. The highest BCUT2D eigenvalue weighted by atomic mass is 32.2. The largest absolute Gasteiger partial charge is 0.280 e. The SMILES string of the molecule is CC(C)(C)S(=O)[C@@H]1CC2(CCN1N)Cc1ccc(C(F)F)nc1C2. The van der Waals surface area contributed by atoms with Gasteiger partial charge in [-0.05, 0) is 63.5 Å². The van der Waals surface area contributed by atoms with Crippen LogP contribution in [0, 0.1) is 5.41 Å². The van der Waals surface area contributed by atoms with Crippen molar-refractivity contribution in [2.45, 2.75) is 63.0 Å². The average molecular weight is 357 g/mol. The number of nitrogens with zero attached hydrogens (tertiary/aromatic N) is 2. The summed E-state index contributed by atoms with van der Waals surface area (Å²) in [5.74, 6) is 6.12. The van der Waals surface area contributed by atoms with Crippen molar-refractivity contribution in [2.24, 2.45) is 11.3 Å². The Morgan fingerprint density at radius 2 is 2.08 bits per heavy atom. The summed E-state index contributed by atoms with van der Waals surface area (Å²) in [6, 6.07) is 3.20. The number of halogens is 2. The van der Waals surface area contributed by atoms with Gasteiger partial charge in [-0.25, -0.2) is 13.8 Å². The van der Waals surface area contributed by atoms with E-state index in [0.29, 0.717) is 19.4 Å². The second kappa shape index (κ2) is 6.11. The molecule has 0 radical (unpaired) electrons. The first-order valence-corrected chi connectivity index (χ1v) is 9.51. The van der Waals surface area contributed by atoms with Gasteiger partial charge in [-0.2, -0.15) is 0 Å². The summed E-state index contributed by atoms with van der Waals surface area (Å²) < 4.78 is 38.3. The summed E-state index contributed by atoms with van der Waals surface area (Å²) in [6.45, 7) is 6.54. The molecule has 3 atom stereocenters. The van der Waals surface area contributed by atoms with Crippen molar-refractivity contribution < 1.29 is 13.0 Å². The molecule has 1 saturated heterocycles. The van der Waals surface area contributed by atoms with Crippen LogP contribution < -0.4 is 5.84 Å². The van der Waals surface area contributed by atoms with Gasteiger partial charge in [-0.1, -0.05) is 6.07 Å². The van der Waals surface area contributed by atoms with E-state index in [1.54, 1.807) is 11.1 Å². The minimum absolute atomic E-state index is 0.0580. The van der Waals surface area contributed by atoms with E-state index in [2.05, 4.69) is 4.98 Å². The quantitative estimate of drug-likeness (QED) is 0.827. The highest BCUT2D eigenvalue weighted by molar-refractivity contribution is 7.86. The number of pyridine rings is 1. The fourth-order valence-electron chi connectivity index (χ4n) is 3.83. The Kier molecular flexibility index (Phi) is 4.55. The Bertz CT molecular complexity index is 662. The van der Waals surface area contributed by atoms with Gasteiger partial charge < -0.3 is 0 Å². The van der Waals surface area contributed by atoms with Crippen LogP contribution in [0.5, 0.6) is 0 Å². The van der Waals surface area contributed by atoms with Crippen molar-refractivity contribution in [1.82, 2.24) is 9.99 Å². The molecule has 1 aliphatic carbocycles. The zero-order valence-corrected chi connectivity index (χ0v) is 15.2. The molecular weight excluding hydrogens is 332 g/mol. The fourth-order valence-corrected chi connectivity index (χ4v) is 5.50. The summed E-state index contributed by atoms with van der Waals surface area (Å²) >= 11 is 0. The third-order valence-electron chi connectivity index (χ3n) is 5.15. The normalized spacial score (nSPS) is 29.2. The molecule has 0 bridgehead atoms. The molecule has 1 aromatic heterocycles. The first-order valence-electron chi connectivity index (χ1n) is 8.30. The number of hydrogen-bond donors (Lipinski definition) is 1. The van der Waals surface area contributed by atoms with Gasteiger partial charge >= 0.3 is 0 Å². The van der Waals surface area contributed by atoms with Gasteiger partial charge in [0, 0.05) is 27.8 Å². The maximum atomic E-state index is 12.9. The van der Waals surface area contributed by atoms with E-state index in [0.717, 1.165) is 24.1 Å². The minimum atomic E-state index is -2.54. The molecule has 0 amide bonds. The first kappa shape index (κ1) is 17.9. The lowest BCUT2D eigenvalue weighted by molar-refractivity contribution is 0.0922. The molecule has 7 heteroatoms. The van der Waals surface area contributed by atoms with Crippen LogP contribution in [0.25, 0.3) is 0 Å². The number of nitrogens with two attached hydrogens (primary N) is 1. The van der Waals surface area contributed by atoms with Crippen LogP contribution >= 0.6 is 0 Å². The Morgan fingerprint density at radius 1 is 1.38 bits per heavy atom. The van der Waals surface area contributed by atoms with Gasteiger partial charge in [0.2, 0.25) is 0 Å². The Balaban J connectivity index is 1.83. The van der Waals surface area contributed by atoms with Crippen molar-refractivity contribution in [2.75, 3.05) is 6.54 Å². The summed E-state index contributed by atoms with van der Waals surface area (Å²) in [5, 5.41) is 1.50. The van der Waals surface area contributed by atoms with Crippen molar-refractivity contribution in [1.29, 1.82) is 0 Å². The Labute approximate surface area is 144 Å². The van der Waals surface area contributed by atoms with Crippen molar-refractivity contribution in [3.8, 4) is 0 Å². The Morgan fingerprint density at radius 3 is 2.71 bits per heavy atom. The standard InChI is InChI=1S/C17H25F2N3OS/c1-16(2,3)24(23)14-10-17(6-7-22(14)20)8-11-4-5-12(15(18)19)21-13(11)9-17/h4-5,14-15H,6-10,20H2,1-3H3/t14-,17?,24?/m1/s1. The van der Waals surface area contributed by atoms with Crippen LogP contribution in [0.3, 0.4) is 0 Å². The molecule has 2 unspecified atom stereocenters. The van der Waals surface area contributed by atoms with Crippen LogP contribution in [0.15, 0.2) is 12.1 Å². The van der Waals surface area contributed by atoms with Crippen LogP contribution in [0.4, 0.5) is 8.78 Å². The van der Waals surface area contributed by atoms with E-state index in [-0.39, 0.29) is 21.2 Å². The van der Waals surface area contributed by atoms with Crippen LogP contribution in [-0.2, 0) is 23.6 Å². The lowest BCUT2D eigenvalue weighted by Crippen LogP contribution is -2.55. The lowest BCUT2D eigenvalue weighted by atomic mass is 9.76. The highest BCUT2D eigenvalue weighted by Crippen LogP contribution is 2.46. The average Bonchev–Trinajstić information content (AvgIpc) is 2.85.